The molecule has 3 heteroatoms. The van der Waals surface area contributed by atoms with Crippen molar-refractivity contribution >= 4 is 11.6 Å². The van der Waals surface area contributed by atoms with E-state index in [1.165, 1.54) is 11.6 Å². The fourth-order valence-corrected chi connectivity index (χ4v) is 2.09. The molecule has 0 saturated carbocycles. The van der Waals surface area contributed by atoms with Crippen molar-refractivity contribution in [3.63, 3.8) is 0 Å². The van der Waals surface area contributed by atoms with Crippen LogP contribution in [0.15, 0.2) is 42.5 Å². The third-order valence-corrected chi connectivity index (χ3v) is 3.53. The van der Waals surface area contributed by atoms with Gasteiger partial charge < -0.3 is 5.32 Å². The lowest BCUT2D eigenvalue weighted by molar-refractivity contribution is 0.568. The average molecular weight is 278 g/mol. The van der Waals surface area contributed by atoms with Crippen LogP contribution >= 0.6 is 11.6 Å². The molecule has 1 unspecified atom stereocenters. The molecule has 2 aromatic carbocycles. The topological polar surface area (TPSA) is 12.0 Å². The molecule has 0 aromatic heterocycles. The maximum atomic E-state index is 13.2. The molecule has 0 saturated heterocycles. The first-order valence-electron chi connectivity index (χ1n) is 6.30. The highest BCUT2D eigenvalue weighted by atomic mass is 35.5. The first-order chi connectivity index (χ1) is 9.06. The Bertz CT molecular complexity index is 551. The standard InChI is InChI=1S/C16H17ClFN/c1-11-3-8-16(18)9-14(11)10-19-12(2)13-4-6-15(17)7-5-13/h3-9,12,19H,10H2,1-2H3. The third-order valence-electron chi connectivity index (χ3n) is 3.28. The van der Waals surface area contributed by atoms with Crippen LogP contribution in [0.3, 0.4) is 0 Å². The maximum Gasteiger partial charge on any atom is 0.123 e. The van der Waals surface area contributed by atoms with Gasteiger partial charge in [0.05, 0.1) is 0 Å². The van der Waals surface area contributed by atoms with E-state index in [2.05, 4.69) is 12.2 Å². The monoisotopic (exact) mass is 277 g/mol. The number of rotatable bonds is 4. The molecule has 0 aliphatic carbocycles. The summed E-state index contributed by atoms with van der Waals surface area (Å²) in [5.41, 5.74) is 3.25. The van der Waals surface area contributed by atoms with Gasteiger partial charge in [-0.05, 0) is 54.8 Å². The van der Waals surface area contributed by atoms with Crippen LogP contribution < -0.4 is 5.32 Å². The van der Waals surface area contributed by atoms with Crippen molar-refractivity contribution in [3.05, 3.63) is 70.0 Å². The summed E-state index contributed by atoms with van der Waals surface area (Å²) >= 11 is 5.87. The molecule has 0 spiro atoms. The number of benzene rings is 2. The van der Waals surface area contributed by atoms with Crippen LogP contribution in [0.5, 0.6) is 0 Å². The van der Waals surface area contributed by atoms with Crippen molar-refractivity contribution in [2.75, 3.05) is 0 Å². The first kappa shape index (κ1) is 14.0. The molecule has 0 heterocycles. The van der Waals surface area contributed by atoms with Crippen LogP contribution in [0, 0.1) is 12.7 Å². The van der Waals surface area contributed by atoms with E-state index in [-0.39, 0.29) is 11.9 Å². The summed E-state index contributed by atoms with van der Waals surface area (Å²) in [6.45, 7) is 4.72. The number of nitrogens with one attached hydrogen (secondary N) is 1. The Morgan fingerprint density at radius 3 is 2.53 bits per heavy atom. The SMILES string of the molecule is Cc1ccc(F)cc1CNC(C)c1ccc(Cl)cc1. The van der Waals surface area contributed by atoms with E-state index in [4.69, 9.17) is 11.6 Å². The lowest BCUT2D eigenvalue weighted by atomic mass is 10.1. The van der Waals surface area contributed by atoms with Gasteiger partial charge in [0.25, 0.3) is 0 Å². The number of hydrogen-bond donors (Lipinski definition) is 1. The Hall–Kier alpha value is -1.38. The van der Waals surface area contributed by atoms with Crippen LogP contribution in [0.25, 0.3) is 0 Å². The Morgan fingerprint density at radius 1 is 1.16 bits per heavy atom. The van der Waals surface area contributed by atoms with E-state index in [0.29, 0.717) is 6.54 Å². The minimum atomic E-state index is -0.193. The average Bonchev–Trinajstić information content (AvgIpc) is 2.40. The minimum absolute atomic E-state index is 0.193. The van der Waals surface area contributed by atoms with E-state index >= 15 is 0 Å². The molecule has 0 radical (unpaired) electrons. The molecule has 2 rings (SSSR count). The highest BCUT2D eigenvalue weighted by Crippen LogP contribution is 2.17. The van der Waals surface area contributed by atoms with E-state index in [9.17, 15) is 4.39 Å². The zero-order valence-corrected chi connectivity index (χ0v) is 11.8. The molecule has 19 heavy (non-hydrogen) atoms. The van der Waals surface area contributed by atoms with Crippen LogP contribution in [0.4, 0.5) is 4.39 Å². The van der Waals surface area contributed by atoms with Gasteiger partial charge in [0.15, 0.2) is 0 Å². The summed E-state index contributed by atoms with van der Waals surface area (Å²) in [6, 6.07) is 12.8. The molecular formula is C16H17ClFN. The Balaban J connectivity index is 2.02. The van der Waals surface area contributed by atoms with Gasteiger partial charge in [0.2, 0.25) is 0 Å². The van der Waals surface area contributed by atoms with Crippen molar-refractivity contribution < 1.29 is 4.39 Å². The van der Waals surface area contributed by atoms with Crippen LogP contribution in [0.2, 0.25) is 5.02 Å². The fourth-order valence-electron chi connectivity index (χ4n) is 1.96. The summed E-state index contributed by atoms with van der Waals surface area (Å²) in [7, 11) is 0. The second-order valence-corrected chi connectivity index (χ2v) is 5.16. The summed E-state index contributed by atoms with van der Waals surface area (Å²) in [6.07, 6.45) is 0. The molecular weight excluding hydrogens is 261 g/mol. The van der Waals surface area contributed by atoms with Crippen molar-refractivity contribution in [2.45, 2.75) is 26.4 Å². The molecule has 2 aromatic rings. The molecule has 1 nitrogen and oxygen atoms in total. The van der Waals surface area contributed by atoms with E-state index < -0.39 is 0 Å². The largest absolute Gasteiger partial charge is 0.306 e. The second kappa shape index (κ2) is 6.18. The van der Waals surface area contributed by atoms with Gasteiger partial charge in [-0.3, -0.25) is 0 Å². The quantitative estimate of drug-likeness (QED) is 0.858. The maximum absolute atomic E-state index is 13.2. The highest BCUT2D eigenvalue weighted by Gasteiger charge is 2.06. The molecule has 0 aliphatic rings. The summed E-state index contributed by atoms with van der Waals surface area (Å²) in [5, 5.41) is 4.13. The lowest BCUT2D eigenvalue weighted by Gasteiger charge is -2.15. The van der Waals surface area contributed by atoms with Crippen LogP contribution in [-0.2, 0) is 6.54 Å². The van der Waals surface area contributed by atoms with Crippen molar-refractivity contribution in [2.24, 2.45) is 0 Å². The predicted molar refractivity (Wildman–Crippen MR) is 77.8 cm³/mol. The highest BCUT2D eigenvalue weighted by molar-refractivity contribution is 6.30. The van der Waals surface area contributed by atoms with Crippen molar-refractivity contribution in [3.8, 4) is 0 Å². The zero-order chi connectivity index (χ0) is 13.8. The Morgan fingerprint density at radius 2 is 1.84 bits per heavy atom. The Labute approximate surface area is 118 Å². The number of aryl methyl sites for hydroxylation is 1. The number of halogens is 2. The van der Waals surface area contributed by atoms with Crippen molar-refractivity contribution in [1.29, 1.82) is 0 Å². The molecule has 100 valence electrons. The first-order valence-corrected chi connectivity index (χ1v) is 6.68. The summed E-state index contributed by atoms with van der Waals surface area (Å²) < 4.78 is 13.2. The normalized spacial score (nSPS) is 12.4. The van der Waals surface area contributed by atoms with Gasteiger partial charge in [-0.2, -0.15) is 0 Å². The molecule has 0 aliphatic heterocycles. The number of hydrogen-bond acceptors (Lipinski definition) is 1. The smallest absolute Gasteiger partial charge is 0.123 e. The van der Waals surface area contributed by atoms with E-state index in [1.54, 1.807) is 12.1 Å². The molecule has 0 bridgehead atoms. The fraction of sp³-hybridized carbons (Fsp3) is 0.250. The molecule has 1 N–H and O–H groups in total. The van der Waals surface area contributed by atoms with Gasteiger partial charge in [0.1, 0.15) is 5.82 Å². The van der Waals surface area contributed by atoms with Gasteiger partial charge in [-0.25, -0.2) is 4.39 Å². The van der Waals surface area contributed by atoms with Gasteiger partial charge in [0, 0.05) is 17.6 Å². The Kier molecular flexibility index (Phi) is 4.56. The van der Waals surface area contributed by atoms with Crippen molar-refractivity contribution in [1.82, 2.24) is 5.32 Å². The molecule has 1 atom stereocenters. The van der Waals surface area contributed by atoms with Gasteiger partial charge >= 0.3 is 0 Å². The molecule has 0 amide bonds. The van der Waals surface area contributed by atoms with E-state index in [0.717, 1.165) is 16.1 Å². The van der Waals surface area contributed by atoms with Gasteiger partial charge in [-0.1, -0.05) is 29.8 Å². The van der Waals surface area contributed by atoms with Gasteiger partial charge in [-0.15, -0.1) is 0 Å². The van der Waals surface area contributed by atoms with Crippen LogP contribution in [-0.4, -0.2) is 0 Å². The van der Waals surface area contributed by atoms with Crippen LogP contribution in [0.1, 0.15) is 29.7 Å². The predicted octanol–water partition coefficient (Wildman–Crippen LogP) is 4.64. The minimum Gasteiger partial charge on any atom is -0.306 e. The summed E-state index contributed by atoms with van der Waals surface area (Å²) in [5.74, 6) is -0.193. The molecule has 0 fully saturated rings. The lowest BCUT2D eigenvalue weighted by Crippen LogP contribution is -2.18. The van der Waals surface area contributed by atoms with E-state index in [1.807, 2.05) is 31.2 Å². The second-order valence-electron chi connectivity index (χ2n) is 4.72. The zero-order valence-electron chi connectivity index (χ0n) is 11.1. The summed E-state index contributed by atoms with van der Waals surface area (Å²) in [4.78, 5) is 0. The third kappa shape index (κ3) is 3.79.